The highest BCUT2D eigenvalue weighted by molar-refractivity contribution is 5.43. The zero-order valence-corrected chi connectivity index (χ0v) is 10.5. The first-order chi connectivity index (χ1) is 8.69. The van der Waals surface area contributed by atoms with E-state index in [1.165, 1.54) is 0 Å². The predicted octanol–water partition coefficient (Wildman–Crippen LogP) is 1.69. The van der Waals surface area contributed by atoms with Gasteiger partial charge < -0.3 is 19.9 Å². The molecule has 0 fully saturated rings. The van der Waals surface area contributed by atoms with Crippen molar-refractivity contribution in [1.82, 2.24) is 10.1 Å². The average molecular weight is 248 g/mol. The lowest BCUT2D eigenvalue weighted by molar-refractivity contribution is 0.243. The lowest BCUT2D eigenvalue weighted by atomic mass is 10.3. The fourth-order valence-electron chi connectivity index (χ4n) is 1.35. The molecule has 1 aromatic heterocycles. The Kier molecular flexibility index (Phi) is 3.66. The standard InChI is InChI=1S/C12H16N4O2/c1-3-16(2)12-14-11(18-15-12)8-17-10-6-4-5-9(13)7-10/h4-7H,3,8,13H2,1-2H3. The molecule has 2 rings (SSSR count). The molecule has 6 nitrogen and oxygen atoms in total. The maximum atomic E-state index is 5.65. The zero-order chi connectivity index (χ0) is 13.0. The number of rotatable bonds is 5. The van der Waals surface area contributed by atoms with Gasteiger partial charge in [-0.1, -0.05) is 6.07 Å². The quantitative estimate of drug-likeness (QED) is 0.811. The summed E-state index contributed by atoms with van der Waals surface area (Å²) in [6.45, 7) is 3.06. The van der Waals surface area contributed by atoms with E-state index in [0.717, 1.165) is 6.54 Å². The highest BCUT2D eigenvalue weighted by Gasteiger charge is 2.09. The molecule has 0 aliphatic carbocycles. The van der Waals surface area contributed by atoms with Crippen molar-refractivity contribution in [2.45, 2.75) is 13.5 Å². The molecule has 0 atom stereocenters. The van der Waals surface area contributed by atoms with Crippen molar-refractivity contribution in [3.05, 3.63) is 30.2 Å². The summed E-state index contributed by atoms with van der Waals surface area (Å²) in [4.78, 5) is 6.09. The highest BCUT2D eigenvalue weighted by Crippen LogP contribution is 2.16. The smallest absolute Gasteiger partial charge is 0.266 e. The van der Waals surface area contributed by atoms with Crippen LogP contribution in [0.1, 0.15) is 12.8 Å². The summed E-state index contributed by atoms with van der Waals surface area (Å²) >= 11 is 0. The number of aromatic nitrogens is 2. The second-order valence-corrected chi connectivity index (χ2v) is 3.86. The summed E-state index contributed by atoms with van der Waals surface area (Å²) in [5.41, 5.74) is 6.31. The van der Waals surface area contributed by atoms with Crippen LogP contribution in [0, 0.1) is 0 Å². The molecular formula is C12H16N4O2. The van der Waals surface area contributed by atoms with Gasteiger partial charge in [0.25, 0.3) is 11.8 Å². The first kappa shape index (κ1) is 12.2. The lowest BCUT2D eigenvalue weighted by Crippen LogP contribution is -2.17. The van der Waals surface area contributed by atoms with Gasteiger partial charge >= 0.3 is 0 Å². The molecule has 6 heteroatoms. The number of hydrogen-bond donors (Lipinski definition) is 1. The molecule has 0 amide bonds. The molecule has 0 unspecified atom stereocenters. The van der Waals surface area contributed by atoms with Crippen molar-refractivity contribution >= 4 is 11.6 Å². The molecule has 2 aromatic rings. The first-order valence-corrected chi connectivity index (χ1v) is 5.71. The van der Waals surface area contributed by atoms with E-state index in [0.29, 0.717) is 23.3 Å². The molecular weight excluding hydrogens is 232 g/mol. The van der Waals surface area contributed by atoms with Gasteiger partial charge in [-0.15, -0.1) is 0 Å². The van der Waals surface area contributed by atoms with Crippen molar-refractivity contribution in [2.75, 3.05) is 24.2 Å². The molecule has 18 heavy (non-hydrogen) atoms. The van der Waals surface area contributed by atoms with Gasteiger partial charge in [-0.05, 0) is 24.2 Å². The maximum absolute atomic E-state index is 5.65. The minimum atomic E-state index is 0.230. The third kappa shape index (κ3) is 2.91. The van der Waals surface area contributed by atoms with Crippen LogP contribution in [0.4, 0.5) is 11.6 Å². The number of ether oxygens (including phenoxy) is 1. The third-order valence-electron chi connectivity index (χ3n) is 2.49. The average Bonchev–Trinajstić information content (AvgIpc) is 2.84. The van der Waals surface area contributed by atoms with Crippen molar-refractivity contribution in [3.63, 3.8) is 0 Å². The normalized spacial score (nSPS) is 10.3. The van der Waals surface area contributed by atoms with Gasteiger partial charge in [0.15, 0.2) is 6.61 Å². The molecule has 0 radical (unpaired) electrons. The Labute approximate surface area is 105 Å². The second-order valence-electron chi connectivity index (χ2n) is 3.86. The van der Waals surface area contributed by atoms with Crippen LogP contribution in [0.3, 0.4) is 0 Å². The summed E-state index contributed by atoms with van der Waals surface area (Å²) in [5.74, 6) is 1.68. The minimum absolute atomic E-state index is 0.230. The van der Waals surface area contributed by atoms with Crippen molar-refractivity contribution in [2.24, 2.45) is 0 Å². The number of benzene rings is 1. The topological polar surface area (TPSA) is 77.4 Å². The van der Waals surface area contributed by atoms with E-state index in [2.05, 4.69) is 10.1 Å². The molecule has 0 saturated carbocycles. The molecule has 2 N–H and O–H groups in total. The third-order valence-corrected chi connectivity index (χ3v) is 2.49. The van der Waals surface area contributed by atoms with Gasteiger partial charge in [0.05, 0.1) is 0 Å². The lowest BCUT2D eigenvalue weighted by Gasteiger charge is -2.08. The van der Waals surface area contributed by atoms with Crippen LogP contribution < -0.4 is 15.4 Å². The van der Waals surface area contributed by atoms with Crippen LogP contribution in [0.5, 0.6) is 5.75 Å². The Morgan fingerprint density at radius 3 is 3.00 bits per heavy atom. The van der Waals surface area contributed by atoms with Gasteiger partial charge in [-0.2, -0.15) is 4.98 Å². The van der Waals surface area contributed by atoms with Crippen LogP contribution in [0.15, 0.2) is 28.8 Å². The molecule has 96 valence electrons. The Morgan fingerprint density at radius 1 is 1.44 bits per heavy atom. The summed E-state index contributed by atoms with van der Waals surface area (Å²) < 4.78 is 10.6. The molecule has 0 spiro atoms. The fraction of sp³-hybridized carbons (Fsp3) is 0.333. The largest absolute Gasteiger partial charge is 0.484 e. The molecule has 0 saturated heterocycles. The van der Waals surface area contributed by atoms with Crippen LogP contribution in [-0.2, 0) is 6.61 Å². The Balaban J connectivity index is 1.96. The molecule has 0 bridgehead atoms. The number of nitrogens with two attached hydrogens (primary N) is 1. The second kappa shape index (κ2) is 5.39. The predicted molar refractivity (Wildman–Crippen MR) is 68.4 cm³/mol. The van der Waals surface area contributed by atoms with Crippen LogP contribution >= 0.6 is 0 Å². The first-order valence-electron chi connectivity index (χ1n) is 5.71. The van der Waals surface area contributed by atoms with Gasteiger partial charge in [-0.25, -0.2) is 0 Å². The van der Waals surface area contributed by atoms with Crippen molar-refractivity contribution in [3.8, 4) is 5.75 Å². The minimum Gasteiger partial charge on any atom is -0.484 e. The summed E-state index contributed by atoms with van der Waals surface area (Å²) in [7, 11) is 1.90. The Bertz CT molecular complexity index is 512. The number of hydrogen-bond acceptors (Lipinski definition) is 6. The molecule has 0 aliphatic rings. The molecule has 1 aromatic carbocycles. The highest BCUT2D eigenvalue weighted by atomic mass is 16.5. The summed E-state index contributed by atoms with van der Waals surface area (Å²) in [6, 6.07) is 7.20. The van der Waals surface area contributed by atoms with Crippen LogP contribution in [0.2, 0.25) is 0 Å². The van der Waals surface area contributed by atoms with Crippen LogP contribution in [0.25, 0.3) is 0 Å². The maximum Gasteiger partial charge on any atom is 0.266 e. The Morgan fingerprint density at radius 2 is 2.28 bits per heavy atom. The van der Waals surface area contributed by atoms with E-state index in [1.807, 2.05) is 31.0 Å². The van der Waals surface area contributed by atoms with Crippen molar-refractivity contribution < 1.29 is 9.26 Å². The zero-order valence-electron chi connectivity index (χ0n) is 10.5. The van der Waals surface area contributed by atoms with Crippen LogP contribution in [-0.4, -0.2) is 23.7 Å². The van der Waals surface area contributed by atoms with E-state index in [4.69, 9.17) is 15.0 Å². The number of nitrogens with zero attached hydrogens (tertiary/aromatic N) is 3. The van der Waals surface area contributed by atoms with E-state index in [-0.39, 0.29) is 6.61 Å². The van der Waals surface area contributed by atoms with E-state index >= 15 is 0 Å². The van der Waals surface area contributed by atoms with E-state index in [1.54, 1.807) is 12.1 Å². The molecule has 0 aliphatic heterocycles. The number of anilines is 2. The fourth-order valence-corrected chi connectivity index (χ4v) is 1.35. The van der Waals surface area contributed by atoms with Crippen molar-refractivity contribution in [1.29, 1.82) is 0 Å². The SMILES string of the molecule is CCN(C)c1noc(COc2cccc(N)c2)n1. The monoisotopic (exact) mass is 248 g/mol. The molecule has 1 heterocycles. The van der Waals surface area contributed by atoms with Gasteiger partial charge in [0.1, 0.15) is 5.75 Å². The summed E-state index contributed by atoms with van der Waals surface area (Å²) in [5, 5.41) is 3.85. The Hall–Kier alpha value is -2.24. The summed E-state index contributed by atoms with van der Waals surface area (Å²) in [6.07, 6.45) is 0. The van der Waals surface area contributed by atoms with Gasteiger partial charge in [-0.3, -0.25) is 0 Å². The van der Waals surface area contributed by atoms with Gasteiger partial charge in [0.2, 0.25) is 0 Å². The van der Waals surface area contributed by atoms with E-state index < -0.39 is 0 Å². The number of nitrogen functional groups attached to an aromatic ring is 1. The van der Waals surface area contributed by atoms with Gasteiger partial charge in [0, 0.05) is 25.3 Å². The van der Waals surface area contributed by atoms with E-state index in [9.17, 15) is 0 Å².